The zero-order chi connectivity index (χ0) is 8.69. The molecule has 0 aromatic rings. The Bertz CT molecular complexity index is 117. The number of hydrogen-bond acceptors (Lipinski definition) is 2. The number of carbonyl (C=O) groups excluding carboxylic acids is 1. The van der Waals surface area contributed by atoms with Crippen LogP contribution in [0.4, 0.5) is 8.78 Å². The van der Waals surface area contributed by atoms with Gasteiger partial charge in [-0.2, -0.15) is 0 Å². The topological polar surface area (TPSA) is 26.3 Å². The first-order valence-electron chi connectivity index (χ1n) is 3.59. The van der Waals surface area contributed by atoms with Crippen LogP contribution in [-0.4, -0.2) is 25.4 Å². The van der Waals surface area contributed by atoms with E-state index in [-0.39, 0.29) is 6.61 Å². The zero-order valence-electron chi connectivity index (χ0n) is 6.48. The fourth-order valence-corrected chi connectivity index (χ4v) is 0.471. The Balaban J connectivity index is 3.36. The largest absolute Gasteiger partial charge is 0.463 e. The number of halogens is 2. The summed E-state index contributed by atoms with van der Waals surface area (Å²) in [4.78, 5) is 10.4. The number of esters is 1. The van der Waals surface area contributed by atoms with Gasteiger partial charge in [0.2, 0.25) is 6.17 Å². The molecule has 0 spiro atoms. The van der Waals surface area contributed by atoms with Crippen LogP contribution in [0.2, 0.25) is 0 Å². The van der Waals surface area contributed by atoms with Crippen LogP contribution in [0.5, 0.6) is 0 Å². The van der Waals surface area contributed by atoms with Crippen molar-refractivity contribution in [3.63, 3.8) is 0 Å². The summed E-state index contributed by atoms with van der Waals surface area (Å²) in [7, 11) is 0. The van der Waals surface area contributed by atoms with Gasteiger partial charge in [-0.1, -0.05) is 13.3 Å². The first-order valence-corrected chi connectivity index (χ1v) is 3.59. The second-order valence-electron chi connectivity index (χ2n) is 2.14. The van der Waals surface area contributed by atoms with Crippen molar-refractivity contribution >= 4 is 5.97 Å². The number of alkyl halides is 2. The average molecular weight is 166 g/mol. The van der Waals surface area contributed by atoms with Gasteiger partial charge in [-0.15, -0.1) is 0 Å². The summed E-state index contributed by atoms with van der Waals surface area (Å²) in [6, 6.07) is 0. The van der Waals surface area contributed by atoms with E-state index in [1.54, 1.807) is 0 Å². The molecule has 0 aliphatic heterocycles. The second kappa shape index (κ2) is 6.07. The third kappa shape index (κ3) is 4.70. The highest BCUT2D eigenvalue weighted by Gasteiger charge is 2.17. The SMILES string of the molecule is CCCCOC(=O)C(F)CF. The quantitative estimate of drug-likeness (QED) is 0.458. The Kier molecular flexibility index (Phi) is 5.70. The van der Waals surface area contributed by atoms with Crippen LogP contribution in [0, 0.1) is 0 Å². The first kappa shape index (κ1) is 10.3. The number of rotatable bonds is 5. The molecule has 0 bridgehead atoms. The lowest BCUT2D eigenvalue weighted by molar-refractivity contribution is -0.150. The molecule has 0 N–H and O–H groups in total. The Labute approximate surface area is 64.5 Å². The van der Waals surface area contributed by atoms with Crippen LogP contribution >= 0.6 is 0 Å². The average Bonchev–Trinajstić information content (AvgIpc) is 2.03. The van der Waals surface area contributed by atoms with Gasteiger partial charge in [0, 0.05) is 0 Å². The molecular formula is C7H12F2O2. The van der Waals surface area contributed by atoms with Gasteiger partial charge in [-0.3, -0.25) is 0 Å². The first-order chi connectivity index (χ1) is 5.22. The van der Waals surface area contributed by atoms with Gasteiger partial charge in [-0.05, 0) is 6.42 Å². The molecule has 0 aromatic heterocycles. The minimum Gasteiger partial charge on any atom is -0.463 e. The summed E-state index contributed by atoms with van der Waals surface area (Å²) in [5.74, 6) is -1.10. The van der Waals surface area contributed by atoms with Crippen LogP contribution < -0.4 is 0 Å². The van der Waals surface area contributed by atoms with Crippen molar-refractivity contribution in [2.75, 3.05) is 13.3 Å². The summed E-state index contributed by atoms with van der Waals surface area (Å²) in [6.07, 6.45) is -0.559. The molecule has 0 fully saturated rings. The molecule has 4 heteroatoms. The minimum absolute atomic E-state index is 0.176. The zero-order valence-corrected chi connectivity index (χ0v) is 6.48. The monoisotopic (exact) mass is 166 g/mol. The van der Waals surface area contributed by atoms with Crippen LogP contribution in [0.3, 0.4) is 0 Å². The molecule has 0 aliphatic carbocycles. The maximum absolute atomic E-state index is 12.1. The molecule has 0 aliphatic rings. The van der Waals surface area contributed by atoms with E-state index in [1.165, 1.54) is 0 Å². The number of hydrogen-bond donors (Lipinski definition) is 0. The molecule has 0 saturated carbocycles. The van der Waals surface area contributed by atoms with Crippen LogP contribution in [0.25, 0.3) is 0 Å². The molecule has 2 nitrogen and oxygen atoms in total. The molecule has 1 unspecified atom stereocenters. The van der Waals surface area contributed by atoms with Gasteiger partial charge >= 0.3 is 5.97 Å². The van der Waals surface area contributed by atoms with Crippen molar-refractivity contribution in [3.8, 4) is 0 Å². The lowest BCUT2D eigenvalue weighted by atomic mass is 10.3. The van der Waals surface area contributed by atoms with Gasteiger partial charge in [-0.25, -0.2) is 13.6 Å². The van der Waals surface area contributed by atoms with E-state index < -0.39 is 18.8 Å². The van der Waals surface area contributed by atoms with Gasteiger partial charge in [0.25, 0.3) is 0 Å². The van der Waals surface area contributed by atoms with E-state index in [2.05, 4.69) is 4.74 Å². The van der Waals surface area contributed by atoms with Gasteiger partial charge in [0.05, 0.1) is 6.61 Å². The summed E-state index contributed by atoms with van der Waals surface area (Å²) < 4.78 is 28.0. The van der Waals surface area contributed by atoms with Gasteiger partial charge in [0.15, 0.2) is 0 Å². The van der Waals surface area contributed by atoms with Gasteiger partial charge in [0.1, 0.15) is 6.67 Å². The lowest BCUT2D eigenvalue weighted by Crippen LogP contribution is -2.21. The summed E-state index contributed by atoms with van der Waals surface area (Å²) in [5.41, 5.74) is 0. The molecule has 66 valence electrons. The predicted molar refractivity (Wildman–Crippen MR) is 36.7 cm³/mol. The standard InChI is InChI=1S/C7H12F2O2/c1-2-3-4-11-7(10)6(9)5-8/h6H,2-5H2,1H3. The lowest BCUT2D eigenvalue weighted by Gasteiger charge is -2.04. The summed E-state index contributed by atoms with van der Waals surface area (Å²) in [5, 5.41) is 0. The van der Waals surface area contributed by atoms with E-state index in [9.17, 15) is 13.6 Å². The Morgan fingerprint density at radius 3 is 2.73 bits per heavy atom. The van der Waals surface area contributed by atoms with Crippen molar-refractivity contribution in [3.05, 3.63) is 0 Å². The third-order valence-corrected chi connectivity index (χ3v) is 1.13. The Morgan fingerprint density at radius 1 is 1.64 bits per heavy atom. The fourth-order valence-electron chi connectivity index (χ4n) is 0.471. The molecular weight excluding hydrogens is 154 g/mol. The molecule has 0 saturated heterocycles. The molecule has 1 atom stereocenters. The van der Waals surface area contributed by atoms with Crippen LogP contribution in [0.15, 0.2) is 0 Å². The number of unbranched alkanes of at least 4 members (excludes halogenated alkanes) is 1. The van der Waals surface area contributed by atoms with E-state index in [0.717, 1.165) is 6.42 Å². The van der Waals surface area contributed by atoms with Crippen LogP contribution in [0.1, 0.15) is 19.8 Å². The predicted octanol–water partition coefficient (Wildman–Crippen LogP) is 1.64. The van der Waals surface area contributed by atoms with E-state index in [1.807, 2.05) is 6.92 Å². The highest BCUT2D eigenvalue weighted by molar-refractivity contribution is 5.74. The smallest absolute Gasteiger partial charge is 0.343 e. The van der Waals surface area contributed by atoms with E-state index in [4.69, 9.17) is 0 Å². The van der Waals surface area contributed by atoms with Crippen molar-refractivity contribution in [1.82, 2.24) is 0 Å². The Hall–Kier alpha value is -0.670. The maximum Gasteiger partial charge on any atom is 0.343 e. The van der Waals surface area contributed by atoms with E-state index in [0.29, 0.717) is 6.42 Å². The van der Waals surface area contributed by atoms with Crippen molar-refractivity contribution in [2.24, 2.45) is 0 Å². The minimum atomic E-state index is -2.10. The Morgan fingerprint density at radius 2 is 2.27 bits per heavy atom. The summed E-state index contributed by atoms with van der Waals surface area (Å²) in [6.45, 7) is 0.788. The molecule has 0 radical (unpaired) electrons. The van der Waals surface area contributed by atoms with Crippen molar-refractivity contribution in [2.45, 2.75) is 25.9 Å². The van der Waals surface area contributed by atoms with Crippen LogP contribution in [-0.2, 0) is 9.53 Å². The molecule has 0 aromatic carbocycles. The maximum atomic E-state index is 12.1. The van der Waals surface area contributed by atoms with Gasteiger partial charge < -0.3 is 4.74 Å². The normalized spacial score (nSPS) is 12.6. The van der Waals surface area contributed by atoms with Crippen molar-refractivity contribution < 1.29 is 18.3 Å². The molecule has 0 heterocycles. The highest BCUT2D eigenvalue weighted by Crippen LogP contribution is 1.97. The number of carbonyl (C=O) groups is 1. The molecule has 0 amide bonds. The number of ether oxygens (including phenoxy) is 1. The fraction of sp³-hybridized carbons (Fsp3) is 0.857. The molecule has 11 heavy (non-hydrogen) atoms. The second-order valence-corrected chi connectivity index (χ2v) is 2.14. The van der Waals surface area contributed by atoms with E-state index >= 15 is 0 Å². The highest BCUT2D eigenvalue weighted by atomic mass is 19.2. The summed E-state index contributed by atoms with van der Waals surface area (Å²) >= 11 is 0. The van der Waals surface area contributed by atoms with Crippen molar-refractivity contribution in [1.29, 1.82) is 0 Å². The third-order valence-electron chi connectivity index (χ3n) is 1.13. The molecule has 0 rings (SSSR count).